The molecule has 2 N–H and O–H groups in total. The second-order valence-electron chi connectivity index (χ2n) is 4.92. The summed E-state index contributed by atoms with van der Waals surface area (Å²) in [6, 6.07) is 0. The first kappa shape index (κ1) is 17.5. The number of nitrogens with zero attached hydrogens (tertiary/aromatic N) is 2. The summed E-state index contributed by atoms with van der Waals surface area (Å²) in [6.07, 6.45) is 2.62. The van der Waals surface area contributed by atoms with Gasteiger partial charge in [-0.2, -0.15) is 5.10 Å². The third-order valence-corrected chi connectivity index (χ3v) is 3.74. The van der Waals surface area contributed by atoms with E-state index in [9.17, 15) is 9.59 Å². The van der Waals surface area contributed by atoms with Gasteiger partial charge in [-0.05, 0) is 19.8 Å². The predicted molar refractivity (Wildman–Crippen MR) is 79.5 cm³/mol. The number of nitrogens with one attached hydrogen (secondary N) is 1. The molecule has 0 aliphatic heterocycles. The molecule has 1 aromatic heterocycles. The van der Waals surface area contributed by atoms with Crippen molar-refractivity contribution >= 4 is 23.3 Å². The maximum absolute atomic E-state index is 12.0. The second-order valence-corrected chi connectivity index (χ2v) is 5.30. The number of aliphatic hydroxyl groups excluding tert-OH is 1. The van der Waals surface area contributed by atoms with Crippen LogP contribution in [0.2, 0.25) is 5.02 Å². The van der Waals surface area contributed by atoms with Gasteiger partial charge in [0.1, 0.15) is 11.6 Å². The van der Waals surface area contributed by atoms with E-state index < -0.39 is 17.1 Å². The van der Waals surface area contributed by atoms with E-state index in [1.807, 2.05) is 13.8 Å². The highest BCUT2D eigenvalue weighted by atomic mass is 35.5. The van der Waals surface area contributed by atoms with Crippen molar-refractivity contribution in [2.45, 2.75) is 38.8 Å². The van der Waals surface area contributed by atoms with Gasteiger partial charge in [-0.25, -0.2) is 4.68 Å². The van der Waals surface area contributed by atoms with Gasteiger partial charge in [-0.1, -0.05) is 18.5 Å². The van der Waals surface area contributed by atoms with Gasteiger partial charge < -0.3 is 15.2 Å². The van der Waals surface area contributed by atoms with Crippen molar-refractivity contribution in [3.8, 4) is 0 Å². The smallest absolute Gasteiger partial charge is 0.327 e. The van der Waals surface area contributed by atoms with Gasteiger partial charge in [0.25, 0.3) is 5.56 Å². The Morgan fingerprint density at radius 3 is 2.81 bits per heavy atom. The van der Waals surface area contributed by atoms with Crippen LogP contribution in [-0.4, -0.2) is 40.1 Å². The summed E-state index contributed by atoms with van der Waals surface area (Å²) < 4.78 is 5.42. The quantitative estimate of drug-likeness (QED) is 0.730. The third-order valence-electron chi connectivity index (χ3n) is 3.37. The molecule has 1 aromatic rings. The molecule has 0 spiro atoms. The fourth-order valence-electron chi connectivity index (χ4n) is 1.75. The molecule has 0 fully saturated rings. The lowest BCUT2D eigenvalue weighted by molar-refractivity contribution is -0.141. The Hall–Kier alpha value is -1.60. The molecule has 1 rings (SSSR count). The van der Waals surface area contributed by atoms with Gasteiger partial charge in [0.2, 0.25) is 0 Å². The Balaban J connectivity index is 3.04. The van der Waals surface area contributed by atoms with E-state index in [4.69, 9.17) is 16.7 Å². The summed E-state index contributed by atoms with van der Waals surface area (Å²) in [4.78, 5) is 23.2. The summed E-state index contributed by atoms with van der Waals surface area (Å²) in [5.41, 5.74) is -0.601. The maximum atomic E-state index is 12.0. The standard InChI is InChI=1S/C13H20ClN3O4/c1-4-13(2,5-6-18)16-9-7-15-17(8-10(19)21-3)12(20)11(9)14/h7,16,18H,4-6,8H2,1-3H3. The lowest BCUT2D eigenvalue weighted by Crippen LogP contribution is -2.36. The number of carbonyl (C=O) groups is 1. The number of anilines is 1. The zero-order valence-corrected chi connectivity index (χ0v) is 13.1. The number of carbonyl (C=O) groups excluding carboxylic acids is 1. The molecule has 0 bridgehead atoms. The van der Waals surface area contributed by atoms with E-state index in [1.165, 1.54) is 13.3 Å². The molecule has 0 saturated carbocycles. The summed E-state index contributed by atoms with van der Waals surface area (Å²) in [5.74, 6) is -0.583. The van der Waals surface area contributed by atoms with Gasteiger partial charge in [0, 0.05) is 12.1 Å². The lowest BCUT2D eigenvalue weighted by Gasteiger charge is -2.30. The van der Waals surface area contributed by atoms with Crippen LogP contribution in [0.3, 0.4) is 0 Å². The summed E-state index contributed by atoms with van der Waals surface area (Å²) in [5, 5.41) is 16.1. The van der Waals surface area contributed by atoms with Crippen LogP contribution in [0, 0.1) is 0 Å². The molecule has 1 atom stereocenters. The Labute approximate surface area is 127 Å². The summed E-state index contributed by atoms with van der Waals surface area (Å²) in [6.45, 7) is 3.60. The van der Waals surface area contributed by atoms with E-state index >= 15 is 0 Å². The topological polar surface area (TPSA) is 93.5 Å². The number of rotatable bonds is 7. The number of hydrogen-bond acceptors (Lipinski definition) is 6. The minimum Gasteiger partial charge on any atom is -0.468 e. The van der Waals surface area contributed by atoms with Crippen LogP contribution < -0.4 is 10.9 Å². The first-order chi connectivity index (χ1) is 9.86. The lowest BCUT2D eigenvalue weighted by atomic mass is 9.94. The van der Waals surface area contributed by atoms with Gasteiger partial charge in [-0.15, -0.1) is 0 Å². The monoisotopic (exact) mass is 317 g/mol. The molecule has 8 heteroatoms. The van der Waals surface area contributed by atoms with E-state index in [-0.39, 0.29) is 18.2 Å². The van der Waals surface area contributed by atoms with Crippen LogP contribution in [-0.2, 0) is 16.1 Å². The van der Waals surface area contributed by atoms with Gasteiger partial charge in [-0.3, -0.25) is 9.59 Å². The SMILES string of the molecule is CCC(C)(CCO)Nc1cnn(CC(=O)OC)c(=O)c1Cl. The minimum atomic E-state index is -0.583. The number of ether oxygens (including phenoxy) is 1. The van der Waals surface area contributed by atoms with Crippen LogP contribution in [0.25, 0.3) is 0 Å². The normalized spacial score (nSPS) is 13.6. The van der Waals surface area contributed by atoms with Crippen molar-refractivity contribution < 1.29 is 14.6 Å². The van der Waals surface area contributed by atoms with E-state index in [2.05, 4.69) is 15.2 Å². The highest BCUT2D eigenvalue weighted by Gasteiger charge is 2.23. The van der Waals surface area contributed by atoms with E-state index in [0.29, 0.717) is 12.1 Å². The fourth-order valence-corrected chi connectivity index (χ4v) is 1.94. The Kier molecular flexibility index (Phi) is 6.17. The number of esters is 1. The van der Waals surface area contributed by atoms with Crippen LogP contribution >= 0.6 is 11.6 Å². The molecule has 0 aliphatic carbocycles. The molecule has 1 heterocycles. The Morgan fingerprint density at radius 1 is 1.62 bits per heavy atom. The highest BCUT2D eigenvalue weighted by Crippen LogP contribution is 2.24. The van der Waals surface area contributed by atoms with Crippen molar-refractivity contribution in [3.63, 3.8) is 0 Å². The molecule has 0 amide bonds. The van der Waals surface area contributed by atoms with E-state index in [1.54, 1.807) is 0 Å². The molecule has 118 valence electrons. The van der Waals surface area contributed by atoms with Crippen molar-refractivity contribution in [1.82, 2.24) is 9.78 Å². The van der Waals surface area contributed by atoms with Crippen molar-refractivity contribution in [1.29, 1.82) is 0 Å². The molecule has 0 radical (unpaired) electrons. The molecular formula is C13H20ClN3O4. The van der Waals surface area contributed by atoms with Crippen LogP contribution in [0.1, 0.15) is 26.7 Å². The number of aromatic nitrogens is 2. The van der Waals surface area contributed by atoms with Crippen LogP contribution in [0.5, 0.6) is 0 Å². The Bertz CT molecular complexity index is 561. The molecule has 0 aromatic carbocycles. The predicted octanol–water partition coefficient (Wildman–Crippen LogP) is 1.03. The zero-order valence-electron chi connectivity index (χ0n) is 12.4. The molecule has 1 unspecified atom stereocenters. The van der Waals surface area contributed by atoms with Gasteiger partial charge in [0.15, 0.2) is 0 Å². The zero-order chi connectivity index (χ0) is 16.0. The third kappa shape index (κ3) is 4.44. The summed E-state index contributed by atoms with van der Waals surface area (Å²) >= 11 is 6.04. The molecule has 21 heavy (non-hydrogen) atoms. The molecule has 7 nitrogen and oxygen atoms in total. The minimum absolute atomic E-state index is 0.0157. The largest absolute Gasteiger partial charge is 0.468 e. The number of methoxy groups -OCH3 is 1. The average Bonchev–Trinajstić information content (AvgIpc) is 2.47. The number of hydrogen-bond donors (Lipinski definition) is 2. The summed E-state index contributed by atoms with van der Waals surface area (Å²) in [7, 11) is 1.23. The van der Waals surface area contributed by atoms with Crippen molar-refractivity contribution in [3.05, 3.63) is 21.6 Å². The fraction of sp³-hybridized carbons (Fsp3) is 0.615. The number of halogens is 1. The average molecular weight is 318 g/mol. The van der Waals surface area contributed by atoms with Crippen LogP contribution in [0.4, 0.5) is 5.69 Å². The highest BCUT2D eigenvalue weighted by molar-refractivity contribution is 6.32. The van der Waals surface area contributed by atoms with Gasteiger partial charge in [0.05, 0.1) is 19.0 Å². The van der Waals surface area contributed by atoms with Crippen molar-refractivity contribution in [2.24, 2.45) is 0 Å². The molecular weight excluding hydrogens is 298 g/mol. The van der Waals surface area contributed by atoms with E-state index in [0.717, 1.165) is 11.1 Å². The maximum Gasteiger partial charge on any atom is 0.327 e. The van der Waals surface area contributed by atoms with Gasteiger partial charge >= 0.3 is 5.97 Å². The Morgan fingerprint density at radius 2 is 2.29 bits per heavy atom. The first-order valence-electron chi connectivity index (χ1n) is 6.58. The number of aliphatic hydroxyl groups is 1. The molecule has 0 aliphatic rings. The second kappa shape index (κ2) is 7.42. The van der Waals surface area contributed by atoms with Crippen LogP contribution in [0.15, 0.2) is 11.0 Å². The van der Waals surface area contributed by atoms with Crippen molar-refractivity contribution in [2.75, 3.05) is 19.0 Å². The molecule has 0 saturated heterocycles. The first-order valence-corrected chi connectivity index (χ1v) is 6.96.